The van der Waals surface area contributed by atoms with Crippen molar-refractivity contribution in [2.24, 2.45) is 11.8 Å². The minimum absolute atomic E-state index is 0.0185. The minimum atomic E-state index is -4.47. The third-order valence-corrected chi connectivity index (χ3v) is 5.16. The first-order valence-corrected chi connectivity index (χ1v) is 9.73. The molecule has 1 aliphatic heterocycles. The van der Waals surface area contributed by atoms with Gasteiger partial charge < -0.3 is 10.2 Å². The van der Waals surface area contributed by atoms with Gasteiger partial charge in [0.25, 0.3) is 0 Å². The first-order chi connectivity index (χ1) is 12.6. The molecule has 152 valence electrons. The van der Waals surface area contributed by atoms with E-state index in [0.29, 0.717) is 37.7 Å². The summed E-state index contributed by atoms with van der Waals surface area (Å²) < 4.78 is 38.2. The van der Waals surface area contributed by atoms with E-state index in [9.17, 15) is 18.0 Å². The fourth-order valence-electron chi connectivity index (χ4n) is 3.19. The van der Waals surface area contributed by atoms with Gasteiger partial charge in [-0.2, -0.15) is 13.2 Å². The molecule has 1 amide bonds. The monoisotopic (exact) mass is 405 g/mol. The van der Waals surface area contributed by atoms with Crippen molar-refractivity contribution in [3.63, 3.8) is 0 Å². The lowest BCUT2D eigenvalue weighted by molar-refractivity contribution is -0.137. The topological polar surface area (TPSA) is 45.2 Å². The van der Waals surface area contributed by atoms with Crippen LogP contribution < -0.4 is 10.2 Å². The summed E-state index contributed by atoms with van der Waals surface area (Å²) in [6, 6.07) is 1.04. The largest absolute Gasteiger partial charge is 0.417 e. The van der Waals surface area contributed by atoms with Gasteiger partial charge in [-0.05, 0) is 44.6 Å². The molecule has 1 aromatic heterocycles. The van der Waals surface area contributed by atoms with Crippen molar-refractivity contribution in [1.29, 1.82) is 0 Å². The van der Waals surface area contributed by atoms with Crippen molar-refractivity contribution < 1.29 is 18.0 Å². The SMILES string of the molecule is CC(C)CCC(C)NC(=O)C1CCN(c2ncc(C(F)(F)F)cc2Cl)CC1. The average molecular weight is 406 g/mol. The molecule has 1 aliphatic rings. The highest BCUT2D eigenvalue weighted by atomic mass is 35.5. The molecule has 4 nitrogen and oxygen atoms in total. The number of hydrogen-bond donors (Lipinski definition) is 1. The fourth-order valence-corrected chi connectivity index (χ4v) is 3.47. The zero-order valence-electron chi connectivity index (χ0n) is 15.9. The first kappa shape index (κ1) is 21.8. The summed E-state index contributed by atoms with van der Waals surface area (Å²) in [5.41, 5.74) is -0.860. The van der Waals surface area contributed by atoms with Crippen LogP contribution in [-0.2, 0) is 11.0 Å². The van der Waals surface area contributed by atoms with Crippen LogP contribution in [0.4, 0.5) is 19.0 Å². The van der Waals surface area contributed by atoms with E-state index in [2.05, 4.69) is 24.1 Å². The van der Waals surface area contributed by atoms with E-state index in [1.54, 1.807) is 0 Å². The number of rotatable bonds is 6. The number of carbonyl (C=O) groups is 1. The Morgan fingerprint density at radius 3 is 2.44 bits per heavy atom. The van der Waals surface area contributed by atoms with Crippen molar-refractivity contribution in [3.8, 4) is 0 Å². The summed E-state index contributed by atoms with van der Waals surface area (Å²) in [6.07, 6.45) is -0.391. The van der Waals surface area contributed by atoms with Crippen molar-refractivity contribution in [2.75, 3.05) is 18.0 Å². The highest BCUT2D eigenvalue weighted by Gasteiger charge is 2.33. The Hall–Kier alpha value is -1.50. The number of nitrogens with zero attached hydrogens (tertiary/aromatic N) is 2. The van der Waals surface area contributed by atoms with Crippen LogP contribution in [0.2, 0.25) is 5.02 Å². The molecule has 1 aromatic rings. The van der Waals surface area contributed by atoms with Crippen molar-refractivity contribution >= 4 is 23.3 Å². The zero-order valence-corrected chi connectivity index (χ0v) is 16.7. The molecule has 1 saturated heterocycles. The smallest absolute Gasteiger partial charge is 0.355 e. The van der Waals surface area contributed by atoms with E-state index in [4.69, 9.17) is 11.6 Å². The minimum Gasteiger partial charge on any atom is -0.355 e. The van der Waals surface area contributed by atoms with Gasteiger partial charge in [0.05, 0.1) is 10.6 Å². The Morgan fingerprint density at radius 1 is 1.30 bits per heavy atom. The third-order valence-electron chi connectivity index (χ3n) is 4.88. The molecular weight excluding hydrogens is 379 g/mol. The standard InChI is InChI=1S/C19H27ClF3N3O/c1-12(2)4-5-13(3)25-18(27)14-6-8-26(9-7-14)17-16(20)10-15(11-24-17)19(21,22)23/h10-14H,4-9H2,1-3H3,(H,25,27). The van der Waals surface area contributed by atoms with Gasteiger partial charge in [0.15, 0.2) is 0 Å². The Morgan fingerprint density at radius 2 is 1.93 bits per heavy atom. The van der Waals surface area contributed by atoms with E-state index in [-0.39, 0.29) is 22.9 Å². The van der Waals surface area contributed by atoms with Gasteiger partial charge in [0, 0.05) is 31.2 Å². The van der Waals surface area contributed by atoms with Gasteiger partial charge >= 0.3 is 6.18 Å². The van der Waals surface area contributed by atoms with Gasteiger partial charge in [-0.25, -0.2) is 4.98 Å². The van der Waals surface area contributed by atoms with Crippen LogP contribution >= 0.6 is 11.6 Å². The molecule has 27 heavy (non-hydrogen) atoms. The molecular formula is C19H27ClF3N3O. The van der Waals surface area contributed by atoms with Gasteiger partial charge in [0.2, 0.25) is 5.91 Å². The first-order valence-electron chi connectivity index (χ1n) is 9.36. The zero-order chi connectivity index (χ0) is 20.2. The van der Waals surface area contributed by atoms with Crippen LogP contribution in [0.25, 0.3) is 0 Å². The molecule has 0 aromatic carbocycles. The maximum atomic E-state index is 12.7. The molecule has 0 saturated carbocycles. The highest BCUT2D eigenvalue weighted by Crippen LogP contribution is 2.34. The molecule has 0 aliphatic carbocycles. The number of halogens is 4. The normalized spacial score (nSPS) is 17.3. The lowest BCUT2D eigenvalue weighted by atomic mass is 9.95. The van der Waals surface area contributed by atoms with E-state index in [1.165, 1.54) is 0 Å². The van der Waals surface area contributed by atoms with Crippen LogP contribution in [0.15, 0.2) is 12.3 Å². The summed E-state index contributed by atoms with van der Waals surface area (Å²) in [6.45, 7) is 7.41. The molecule has 1 N–H and O–H groups in total. The molecule has 1 unspecified atom stereocenters. The molecule has 1 atom stereocenters. The number of carbonyl (C=O) groups excluding carboxylic acids is 1. The van der Waals surface area contributed by atoms with Gasteiger partial charge in [0.1, 0.15) is 5.82 Å². The Bertz CT molecular complexity index is 644. The molecule has 0 spiro atoms. The Balaban J connectivity index is 1.89. The summed E-state index contributed by atoms with van der Waals surface area (Å²) in [4.78, 5) is 18.2. The number of nitrogens with one attached hydrogen (secondary N) is 1. The molecule has 8 heteroatoms. The Labute approximate surface area is 163 Å². The molecule has 0 bridgehead atoms. The number of hydrogen-bond acceptors (Lipinski definition) is 3. The lowest BCUT2D eigenvalue weighted by Crippen LogP contribution is -2.43. The summed E-state index contributed by atoms with van der Waals surface area (Å²) in [7, 11) is 0. The quantitative estimate of drug-likeness (QED) is 0.731. The second kappa shape index (κ2) is 9.13. The second-order valence-electron chi connectivity index (χ2n) is 7.67. The van der Waals surface area contributed by atoms with E-state index in [1.807, 2.05) is 11.8 Å². The maximum absolute atomic E-state index is 12.7. The van der Waals surface area contributed by atoms with Crippen molar-refractivity contribution in [3.05, 3.63) is 22.8 Å². The number of anilines is 1. The number of piperidine rings is 1. The third kappa shape index (κ3) is 6.26. The highest BCUT2D eigenvalue weighted by molar-refractivity contribution is 6.33. The van der Waals surface area contributed by atoms with Gasteiger partial charge in [-0.1, -0.05) is 25.4 Å². The molecule has 2 rings (SSSR count). The fraction of sp³-hybridized carbons (Fsp3) is 0.684. The molecule has 1 fully saturated rings. The van der Waals surface area contributed by atoms with Crippen LogP contribution in [0.3, 0.4) is 0 Å². The maximum Gasteiger partial charge on any atom is 0.417 e. The summed E-state index contributed by atoms with van der Waals surface area (Å²) >= 11 is 6.01. The average Bonchev–Trinajstić information content (AvgIpc) is 2.59. The summed E-state index contributed by atoms with van der Waals surface area (Å²) in [5.74, 6) is 0.913. The van der Waals surface area contributed by atoms with E-state index < -0.39 is 11.7 Å². The van der Waals surface area contributed by atoms with Crippen LogP contribution in [0, 0.1) is 11.8 Å². The van der Waals surface area contributed by atoms with Gasteiger partial charge in [-0.3, -0.25) is 4.79 Å². The Kier molecular flexibility index (Phi) is 7.37. The van der Waals surface area contributed by atoms with Crippen LogP contribution in [0.5, 0.6) is 0 Å². The predicted molar refractivity (Wildman–Crippen MR) is 101 cm³/mol. The number of amides is 1. The van der Waals surface area contributed by atoms with E-state index in [0.717, 1.165) is 25.1 Å². The number of alkyl halides is 3. The number of aromatic nitrogens is 1. The lowest BCUT2D eigenvalue weighted by Gasteiger charge is -2.33. The predicted octanol–water partition coefficient (Wildman–Crippen LogP) is 4.91. The second-order valence-corrected chi connectivity index (χ2v) is 8.08. The van der Waals surface area contributed by atoms with Crippen molar-refractivity contribution in [1.82, 2.24) is 10.3 Å². The van der Waals surface area contributed by atoms with Crippen molar-refractivity contribution in [2.45, 2.75) is 58.7 Å². The molecule has 2 heterocycles. The van der Waals surface area contributed by atoms with Crippen LogP contribution in [0.1, 0.15) is 52.0 Å². The van der Waals surface area contributed by atoms with Gasteiger partial charge in [-0.15, -0.1) is 0 Å². The van der Waals surface area contributed by atoms with E-state index >= 15 is 0 Å². The summed E-state index contributed by atoms with van der Waals surface area (Å²) in [5, 5.41) is 3.05. The molecule has 0 radical (unpaired) electrons. The van der Waals surface area contributed by atoms with Crippen LogP contribution in [-0.4, -0.2) is 30.0 Å². The number of pyridine rings is 1.